The van der Waals surface area contributed by atoms with Crippen LogP contribution in [0.2, 0.25) is 0 Å². The van der Waals surface area contributed by atoms with Gasteiger partial charge in [-0.1, -0.05) is 35.9 Å². The molecule has 3 heterocycles. The molecule has 0 spiro atoms. The zero-order valence-corrected chi connectivity index (χ0v) is 17.9. The van der Waals surface area contributed by atoms with Crippen molar-refractivity contribution < 1.29 is 4.79 Å². The molecule has 31 heavy (non-hydrogen) atoms. The molecule has 4 rings (SSSR count). The Morgan fingerprint density at radius 2 is 1.94 bits per heavy atom. The van der Waals surface area contributed by atoms with Gasteiger partial charge >= 0.3 is 0 Å². The first-order valence-corrected chi connectivity index (χ1v) is 10.1. The summed E-state index contributed by atoms with van der Waals surface area (Å²) in [6.07, 6.45) is 10.6. The molecule has 1 aromatic carbocycles. The first-order chi connectivity index (χ1) is 15.0. The van der Waals surface area contributed by atoms with E-state index in [1.54, 1.807) is 12.4 Å². The van der Waals surface area contributed by atoms with Crippen LogP contribution in [0.25, 0.3) is 33.3 Å². The molecule has 0 unspecified atom stereocenters. The normalized spacial score (nSPS) is 11.5. The third-order valence-electron chi connectivity index (χ3n) is 4.94. The van der Waals surface area contributed by atoms with Crippen molar-refractivity contribution in [3.8, 4) is 22.3 Å². The number of rotatable bonds is 6. The van der Waals surface area contributed by atoms with E-state index in [1.165, 1.54) is 11.6 Å². The summed E-state index contributed by atoms with van der Waals surface area (Å²) >= 11 is 0. The summed E-state index contributed by atoms with van der Waals surface area (Å²) in [5.41, 5.74) is 6.77. The molecule has 4 aromatic rings. The number of aryl methyl sites for hydroxylation is 1. The molecule has 0 saturated heterocycles. The number of nitrogens with one attached hydrogen (secondary N) is 2. The first kappa shape index (κ1) is 20.5. The fraction of sp³-hybridized carbons (Fsp3) is 0.160. The monoisotopic (exact) mass is 411 g/mol. The largest absolute Gasteiger partial charge is 0.346 e. The van der Waals surface area contributed by atoms with Crippen molar-refractivity contribution in [3.05, 3.63) is 78.9 Å². The molecule has 0 aliphatic carbocycles. The van der Waals surface area contributed by atoms with E-state index in [2.05, 4.69) is 57.5 Å². The number of benzene rings is 1. The van der Waals surface area contributed by atoms with Crippen LogP contribution in [0.3, 0.4) is 0 Å². The van der Waals surface area contributed by atoms with Gasteiger partial charge in [-0.25, -0.2) is 4.98 Å². The SMILES string of the molecule is Cc1cccc(-c2c[nH]c3ncc(-c4cncc(NC(=O)/C=C/CN(C)C)c4)cc23)c1. The topological polar surface area (TPSA) is 73.9 Å². The van der Waals surface area contributed by atoms with Gasteiger partial charge in [-0.15, -0.1) is 0 Å². The van der Waals surface area contributed by atoms with Crippen molar-refractivity contribution in [2.24, 2.45) is 0 Å². The number of aromatic amines is 1. The van der Waals surface area contributed by atoms with E-state index >= 15 is 0 Å². The minimum atomic E-state index is -0.179. The van der Waals surface area contributed by atoms with Crippen molar-refractivity contribution in [1.82, 2.24) is 19.9 Å². The molecule has 0 aliphatic rings. The highest BCUT2D eigenvalue weighted by Crippen LogP contribution is 2.31. The van der Waals surface area contributed by atoms with Crippen molar-refractivity contribution in [2.75, 3.05) is 26.0 Å². The molecular weight excluding hydrogens is 386 g/mol. The van der Waals surface area contributed by atoms with E-state index in [4.69, 9.17) is 0 Å². The molecular formula is C25H25N5O. The van der Waals surface area contributed by atoms with Gasteiger partial charge in [-0.2, -0.15) is 0 Å². The molecule has 0 bridgehead atoms. The third kappa shape index (κ3) is 4.87. The highest BCUT2D eigenvalue weighted by Gasteiger charge is 2.10. The Hall–Kier alpha value is -3.77. The number of nitrogens with zero attached hydrogens (tertiary/aromatic N) is 3. The zero-order chi connectivity index (χ0) is 21.8. The predicted octanol–water partition coefficient (Wildman–Crippen LogP) is 4.66. The number of likely N-dealkylation sites (N-methyl/N-ethyl adjacent to an activating group) is 1. The molecule has 0 fully saturated rings. The number of carbonyl (C=O) groups excluding carboxylic acids is 1. The first-order valence-electron chi connectivity index (χ1n) is 10.1. The number of amides is 1. The fourth-order valence-corrected chi connectivity index (χ4v) is 3.43. The maximum Gasteiger partial charge on any atom is 0.248 e. The summed E-state index contributed by atoms with van der Waals surface area (Å²) in [6, 6.07) is 12.4. The number of hydrogen-bond acceptors (Lipinski definition) is 4. The zero-order valence-electron chi connectivity index (χ0n) is 17.9. The molecule has 2 N–H and O–H groups in total. The standard InChI is InChI=1S/C25H25N5O/c1-17-6-4-7-18(10-17)23-16-28-25-22(23)12-20(14-27-25)19-11-21(15-26-13-19)29-24(31)8-5-9-30(2)3/h4-8,10-16H,9H2,1-3H3,(H,27,28)(H,29,31)/b8-5+. The van der Waals surface area contributed by atoms with Gasteiger partial charge < -0.3 is 15.2 Å². The van der Waals surface area contributed by atoms with Crippen LogP contribution in [0.1, 0.15) is 5.56 Å². The maximum atomic E-state index is 12.2. The summed E-state index contributed by atoms with van der Waals surface area (Å²) in [7, 11) is 3.91. The molecule has 3 aromatic heterocycles. The molecule has 6 heteroatoms. The average Bonchev–Trinajstić information content (AvgIpc) is 3.17. The maximum absolute atomic E-state index is 12.2. The Balaban J connectivity index is 1.62. The highest BCUT2D eigenvalue weighted by atomic mass is 16.1. The average molecular weight is 412 g/mol. The number of aromatic nitrogens is 3. The van der Waals surface area contributed by atoms with Crippen LogP contribution >= 0.6 is 0 Å². The van der Waals surface area contributed by atoms with Crippen LogP contribution in [0.5, 0.6) is 0 Å². The minimum absolute atomic E-state index is 0.179. The van der Waals surface area contributed by atoms with Gasteiger partial charge in [0.05, 0.1) is 11.9 Å². The minimum Gasteiger partial charge on any atom is -0.346 e. The number of fused-ring (bicyclic) bond motifs is 1. The van der Waals surface area contributed by atoms with Crippen LogP contribution in [-0.2, 0) is 4.79 Å². The smallest absolute Gasteiger partial charge is 0.248 e. The lowest BCUT2D eigenvalue weighted by Crippen LogP contribution is -2.13. The van der Waals surface area contributed by atoms with Gasteiger partial charge in [0.1, 0.15) is 5.65 Å². The lowest BCUT2D eigenvalue weighted by atomic mass is 10.0. The predicted molar refractivity (Wildman–Crippen MR) is 126 cm³/mol. The number of pyridine rings is 2. The Labute approximate surface area is 181 Å². The molecule has 0 radical (unpaired) electrons. The lowest BCUT2D eigenvalue weighted by molar-refractivity contribution is -0.111. The molecule has 6 nitrogen and oxygen atoms in total. The molecule has 0 aliphatic heterocycles. The van der Waals surface area contributed by atoms with Gasteiger partial charge in [-0.3, -0.25) is 9.78 Å². The van der Waals surface area contributed by atoms with Crippen molar-refractivity contribution in [2.45, 2.75) is 6.92 Å². The summed E-state index contributed by atoms with van der Waals surface area (Å²) in [5.74, 6) is -0.179. The second-order valence-electron chi connectivity index (χ2n) is 7.81. The van der Waals surface area contributed by atoms with E-state index < -0.39 is 0 Å². The van der Waals surface area contributed by atoms with Gasteiger partial charge in [0.25, 0.3) is 0 Å². The van der Waals surface area contributed by atoms with Gasteiger partial charge in [0.2, 0.25) is 5.91 Å². The van der Waals surface area contributed by atoms with Crippen molar-refractivity contribution >= 4 is 22.6 Å². The van der Waals surface area contributed by atoms with Crippen molar-refractivity contribution in [3.63, 3.8) is 0 Å². The Morgan fingerprint density at radius 1 is 1.10 bits per heavy atom. The summed E-state index contributed by atoms with van der Waals surface area (Å²) in [4.78, 5) is 26.3. The summed E-state index contributed by atoms with van der Waals surface area (Å²) in [6.45, 7) is 2.79. The Bertz CT molecular complexity index is 1260. The summed E-state index contributed by atoms with van der Waals surface area (Å²) < 4.78 is 0. The van der Waals surface area contributed by atoms with Gasteiger partial charge in [0.15, 0.2) is 0 Å². The molecule has 0 saturated carbocycles. The second-order valence-corrected chi connectivity index (χ2v) is 7.81. The third-order valence-corrected chi connectivity index (χ3v) is 4.94. The molecule has 156 valence electrons. The van der Waals surface area contributed by atoms with Crippen LogP contribution < -0.4 is 5.32 Å². The van der Waals surface area contributed by atoms with Gasteiger partial charge in [-0.05, 0) is 38.7 Å². The van der Waals surface area contributed by atoms with E-state index in [9.17, 15) is 4.79 Å². The lowest BCUT2D eigenvalue weighted by Gasteiger charge is -2.07. The highest BCUT2D eigenvalue weighted by molar-refractivity contribution is 6.00. The van der Waals surface area contributed by atoms with Crippen LogP contribution in [0.4, 0.5) is 5.69 Å². The Kier molecular flexibility index (Phi) is 5.91. The van der Waals surface area contributed by atoms with Crippen LogP contribution in [0.15, 0.2) is 73.3 Å². The second kappa shape index (κ2) is 8.93. The van der Waals surface area contributed by atoms with Gasteiger partial charge in [0, 0.05) is 53.3 Å². The van der Waals surface area contributed by atoms with E-state index in [1.807, 2.05) is 43.5 Å². The molecule has 0 atom stereocenters. The van der Waals surface area contributed by atoms with Crippen LogP contribution in [0, 0.1) is 6.92 Å². The van der Waals surface area contributed by atoms with E-state index in [0.29, 0.717) is 12.2 Å². The molecule has 1 amide bonds. The van der Waals surface area contributed by atoms with Crippen molar-refractivity contribution in [1.29, 1.82) is 0 Å². The van der Waals surface area contributed by atoms with E-state index in [-0.39, 0.29) is 5.91 Å². The number of hydrogen-bond donors (Lipinski definition) is 2. The quantitative estimate of drug-likeness (QED) is 0.453. The fourth-order valence-electron chi connectivity index (χ4n) is 3.43. The summed E-state index contributed by atoms with van der Waals surface area (Å²) in [5, 5.41) is 3.91. The van der Waals surface area contributed by atoms with E-state index in [0.717, 1.165) is 33.3 Å². The van der Waals surface area contributed by atoms with Crippen LogP contribution in [-0.4, -0.2) is 46.4 Å². The number of H-pyrrole nitrogens is 1. The number of anilines is 1. The number of carbonyl (C=O) groups is 1. The Morgan fingerprint density at radius 3 is 2.74 bits per heavy atom.